The van der Waals surface area contributed by atoms with Crippen molar-refractivity contribution in [2.75, 3.05) is 0 Å². The number of hydrogen-bond acceptors (Lipinski definition) is 2. The van der Waals surface area contributed by atoms with E-state index in [9.17, 15) is 0 Å². The van der Waals surface area contributed by atoms with Crippen molar-refractivity contribution in [3.63, 3.8) is 0 Å². The van der Waals surface area contributed by atoms with E-state index in [4.69, 9.17) is 9.40 Å². The van der Waals surface area contributed by atoms with Crippen molar-refractivity contribution in [1.29, 1.82) is 0 Å². The van der Waals surface area contributed by atoms with E-state index in [0.29, 0.717) is 5.89 Å². The number of benzene rings is 11. The maximum absolute atomic E-state index is 6.37. The van der Waals surface area contributed by atoms with Crippen LogP contribution in [0.5, 0.6) is 0 Å². The monoisotopic (exact) mass is 1160 g/mol. The first kappa shape index (κ1) is 61.5. The van der Waals surface area contributed by atoms with Crippen LogP contribution in [-0.2, 0) is 98.1 Å². The zero-order chi connectivity index (χ0) is 48.8. The standard InChI is InChI=1S/C25H17NO.6C7H7.3Y/c1-14-11-15(2)13-18(12-14)25-26-23-19-7-3-5-16-9-10-17-6-4-8-20(24(23)27-25)22(17)21(16)19;6*1-7-5-3-2-4-6-7;;;/h3-13H,1-2H3;3*3-6H,1H3;3*2-3,5-6H,1H3;;;/q;6*-1;;;. The molecule has 11 aromatic carbocycles. The summed E-state index contributed by atoms with van der Waals surface area (Å²) < 4.78 is 6.37. The maximum atomic E-state index is 6.37. The van der Waals surface area contributed by atoms with Crippen LogP contribution >= 0.6 is 0 Å². The van der Waals surface area contributed by atoms with Crippen LogP contribution < -0.4 is 0 Å². The zero-order valence-corrected chi connectivity index (χ0v) is 51.3. The molecule has 1 aromatic heterocycles. The van der Waals surface area contributed by atoms with Crippen molar-refractivity contribution < 1.29 is 103 Å². The normalized spacial score (nSPS) is 9.61. The minimum absolute atomic E-state index is 0. The Morgan fingerprint density at radius 1 is 0.333 bits per heavy atom. The summed E-state index contributed by atoms with van der Waals surface area (Å²) in [5.41, 5.74) is 13.0. The van der Waals surface area contributed by atoms with Crippen molar-refractivity contribution in [2.24, 2.45) is 0 Å². The average Bonchev–Trinajstić information content (AvgIpc) is 3.83. The summed E-state index contributed by atoms with van der Waals surface area (Å²) in [6.45, 7) is 16.6. The van der Waals surface area contributed by atoms with E-state index in [1.165, 1.54) is 66.1 Å². The molecule has 12 rings (SSSR count). The van der Waals surface area contributed by atoms with E-state index < -0.39 is 0 Å². The summed E-state index contributed by atoms with van der Waals surface area (Å²) in [6.07, 6.45) is 0. The van der Waals surface area contributed by atoms with Crippen molar-refractivity contribution in [3.8, 4) is 11.5 Å². The summed E-state index contributed by atoms with van der Waals surface area (Å²) in [4.78, 5) is 4.95. The summed E-state index contributed by atoms with van der Waals surface area (Å²) in [6, 6.07) is 88.7. The van der Waals surface area contributed by atoms with Crippen LogP contribution in [0.2, 0.25) is 0 Å². The van der Waals surface area contributed by atoms with Gasteiger partial charge in [-0.2, -0.15) is 215 Å². The first-order valence-corrected chi connectivity index (χ1v) is 23.2. The molecule has 3 radical (unpaired) electrons. The Balaban J connectivity index is 0.000000251. The molecule has 0 aliphatic rings. The SMILES string of the molecule is Cc1c[c-]ccc1.Cc1c[c-]ccc1.Cc1c[c-]ccc1.Cc1cc(C)cc(-c2nc3c4cccc5ccc6cccc(c3o2)c6c54)c1.Cc1cc[c-]cc1.Cc1cc[c-]cc1.Cc1cc[c-]cc1.[Y].[Y].[Y]. The van der Waals surface area contributed by atoms with Crippen molar-refractivity contribution in [2.45, 2.75) is 55.4 Å². The van der Waals surface area contributed by atoms with Crippen LogP contribution in [0.15, 0.2) is 217 Å². The number of oxazole rings is 1. The van der Waals surface area contributed by atoms with Gasteiger partial charge in [-0.05, 0) is 42.1 Å². The van der Waals surface area contributed by atoms with Gasteiger partial charge in [0, 0.05) is 120 Å². The van der Waals surface area contributed by atoms with Crippen LogP contribution in [0, 0.1) is 91.8 Å². The molecule has 12 aromatic rings. The third-order valence-corrected chi connectivity index (χ3v) is 10.7. The molecule has 353 valence electrons. The number of hydrogen-bond donors (Lipinski definition) is 0. The fourth-order valence-electron chi connectivity index (χ4n) is 7.31. The van der Waals surface area contributed by atoms with Crippen LogP contribution in [0.4, 0.5) is 0 Å². The molecule has 0 atom stereocenters. The Hall–Kier alpha value is -4.76. The zero-order valence-electron chi connectivity index (χ0n) is 42.8. The smallest absolute Gasteiger partial charge is 0.227 e. The molecule has 72 heavy (non-hydrogen) atoms. The molecule has 0 saturated carbocycles. The molecule has 5 heteroatoms. The number of fused-ring (bicyclic) bond motifs is 3. The van der Waals surface area contributed by atoms with Crippen LogP contribution in [0.25, 0.3) is 54.9 Å². The number of rotatable bonds is 1. The van der Waals surface area contributed by atoms with E-state index >= 15 is 0 Å². The van der Waals surface area contributed by atoms with E-state index in [0.717, 1.165) is 27.4 Å². The number of aryl methyl sites for hydroxylation is 8. The Kier molecular flexibility index (Phi) is 28.3. The Bertz CT molecular complexity index is 2930. The molecule has 0 unspecified atom stereocenters. The van der Waals surface area contributed by atoms with Gasteiger partial charge in [0.05, 0.1) is 0 Å². The molecular formula is C67H59NOY3-6. The van der Waals surface area contributed by atoms with Gasteiger partial charge in [0.15, 0.2) is 5.58 Å². The topological polar surface area (TPSA) is 26.0 Å². The maximum Gasteiger partial charge on any atom is 0.227 e. The van der Waals surface area contributed by atoms with Crippen LogP contribution in [0.3, 0.4) is 0 Å². The Labute approximate surface area is 505 Å². The summed E-state index contributed by atoms with van der Waals surface area (Å²) in [7, 11) is 0. The van der Waals surface area contributed by atoms with E-state index in [-0.39, 0.29) is 98.1 Å². The predicted octanol–water partition coefficient (Wildman–Crippen LogP) is 17.8. The first-order valence-electron chi connectivity index (χ1n) is 23.2. The molecule has 0 amide bonds. The molecule has 0 saturated heterocycles. The van der Waals surface area contributed by atoms with Gasteiger partial charge in [-0.1, -0.05) is 107 Å². The largest absolute Gasteiger partial charge is 0.435 e. The van der Waals surface area contributed by atoms with Gasteiger partial charge >= 0.3 is 0 Å². The van der Waals surface area contributed by atoms with Gasteiger partial charge in [-0.25, -0.2) is 4.98 Å². The number of aromatic nitrogens is 1. The average molecular weight is 1160 g/mol. The van der Waals surface area contributed by atoms with Gasteiger partial charge in [0.25, 0.3) is 0 Å². The molecule has 2 nitrogen and oxygen atoms in total. The molecular weight excluding hydrogens is 1100 g/mol. The fourth-order valence-corrected chi connectivity index (χ4v) is 7.31. The van der Waals surface area contributed by atoms with Gasteiger partial charge < -0.3 is 4.42 Å². The third kappa shape index (κ3) is 19.9. The molecule has 1 heterocycles. The summed E-state index contributed by atoms with van der Waals surface area (Å²) >= 11 is 0. The van der Waals surface area contributed by atoms with Gasteiger partial charge in [-0.15, -0.1) is 0 Å². The third-order valence-electron chi connectivity index (χ3n) is 10.7. The Morgan fingerprint density at radius 2 is 0.708 bits per heavy atom. The van der Waals surface area contributed by atoms with E-state index in [1.54, 1.807) is 0 Å². The van der Waals surface area contributed by atoms with Crippen molar-refractivity contribution in [3.05, 3.63) is 293 Å². The molecule has 0 spiro atoms. The summed E-state index contributed by atoms with van der Waals surface area (Å²) in [5.74, 6) is 0.689. The van der Waals surface area contributed by atoms with E-state index in [1.807, 2.05) is 127 Å². The minimum atomic E-state index is 0. The van der Waals surface area contributed by atoms with Gasteiger partial charge in [-0.3, -0.25) is 0 Å². The second kappa shape index (κ2) is 33.1. The Morgan fingerprint density at radius 3 is 1.03 bits per heavy atom. The molecule has 0 fully saturated rings. The fraction of sp³-hybridized carbons (Fsp3) is 0.119. The van der Waals surface area contributed by atoms with Gasteiger partial charge in [0.2, 0.25) is 5.89 Å². The molecule has 0 bridgehead atoms. The molecule has 0 N–H and O–H groups in total. The minimum Gasteiger partial charge on any atom is -0.435 e. The molecule has 0 aliphatic heterocycles. The van der Waals surface area contributed by atoms with E-state index in [2.05, 4.69) is 177 Å². The van der Waals surface area contributed by atoms with Crippen LogP contribution in [0.1, 0.15) is 44.5 Å². The van der Waals surface area contributed by atoms with Crippen molar-refractivity contribution in [1.82, 2.24) is 4.98 Å². The predicted molar refractivity (Wildman–Crippen MR) is 293 cm³/mol. The second-order valence-electron chi connectivity index (χ2n) is 16.9. The second-order valence-corrected chi connectivity index (χ2v) is 16.9. The number of nitrogens with zero attached hydrogens (tertiary/aromatic N) is 1. The molecule has 0 aliphatic carbocycles. The van der Waals surface area contributed by atoms with Gasteiger partial charge in [0.1, 0.15) is 5.52 Å². The quantitative estimate of drug-likeness (QED) is 0.121. The van der Waals surface area contributed by atoms with Crippen molar-refractivity contribution >= 4 is 43.4 Å². The van der Waals surface area contributed by atoms with Crippen LogP contribution in [-0.4, -0.2) is 4.98 Å². The summed E-state index contributed by atoms with van der Waals surface area (Å²) in [5, 5.41) is 7.32. The first-order chi connectivity index (χ1) is 33.5.